The Morgan fingerprint density at radius 3 is 2.85 bits per heavy atom. The number of benzene rings is 1. The normalized spacial score (nSPS) is 9.69. The van der Waals surface area contributed by atoms with Gasteiger partial charge in [0.25, 0.3) is 0 Å². The van der Waals surface area contributed by atoms with Crippen LogP contribution in [0.3, 0.4) is 0 Å². The second-order valence-electron chi connectivity index (χ2n) is 2.53. The van der Waals surface area contributed by atoms with Crippen molar-refractivity contribution < 1.29 is 13.6 Å². The number of carbonyl (C=O) groups excluding carboxylic acids is 1. The van der Waals surface area contributed by atoms with E-state index in [2.05, 4.69) is 5.32 Å². The van der Waals surface area contributed by atoms with Crippen molar-refractivity contribution in [1.29, 1.82) is 0 Å². The van der Waals surface area contributed by atoms with E-state index in [4.69, 9.17) is 0 Å². The van der Waals surface area contributed by atoms with Crippen LogP contribution in [0.5, 0.6) is 0 Å². The van der Waals surface area contributed by atoms with E-state index in [1.54, 1.807) is 0 Å². The smallest absolute Gasteiger partial charge is 0.207 e. The molecule has 0 aromatic heterocycles. The molecule has 0 atom stereocenters. The highest BCUT2D eigenvalue weighted by atomic mass is 19.2. The van der Waals surface area contributed by atoms with E-state index in [9.17, 15) is 13.6 Å². The zero-order valence-corrected chi connectivity index (χ0v) is 6.89. The van der Waals surface area contributed by atoms with Crippen LogP contribution in [0, 0.1) is 11.6 Å². The summed E-state index contributed by atoms with van der Waals surface area (Å²) in [5.74, 6) is -1.70. The van der Waals surface area contributed by atoms with Crippen molar-refractivity contribution in [2.24, 2.45) is 0 Å². The SMILES string of the molecule is O=CNCCc1cccc(F)c1F. The Kier molecular flexibility index (Phi) is 3.37. The van der Waals surface area contributed by atoms with E-state index in [0.717, 1.165) is 6.07 Å². The lowest BCUT2D eigenvalue weighted by molar-refractivity contribution is -0.109. The molecule has 2 nitrogen and oxygen atoms in total. The van der Waals surface area contributed by atoms with Crippen LogP contribution in [-0.2, 0) is 11.2 Å². The molecule has 0 aliphatic heterocycles. The van der Waals surface area contributed by atoms with Gasteiger partial charge in [-0.25, -0.2) is 8.78 Å². The zero-order valence-electron chi connectivity index (χ0n) is 6.89. The summed E-state index contributed by atoms with van der Waals surface area (Å²) in [5.41, 5.74) is 0.273. The summed E-state index contributed by atoms with van der Waals surface area (Å²) in [6, 6.07) is 3.99. The van der Waals surface area contributed by atoms with Gasteiger partial charge in [0.2, 0.25) is 6.41 Å². The highest BCUT2D eigenvalue weighted by Crippen LogP contribution is 2.11. The Morgan fingerprint density at radius 1 is 1.38 bits per heavy atom. The van der Waals surface area contributed by atoms with E-state index in [-0.39, 0.29) is 5.56 Å². The fourth-order valence-corrected chi connectivity index (χ4v) is 1.01. The van der Waals surface area contributed by atoms with Gasteiger partial charge in [0.05, 0.1) is 0 Å². The number of hydrogen-bond donors (Lipinski definition) is 1. The molecule has 1 N–H and O–H groups in total. The number of nitrogens with one attached hydrogen (secondary N) is 1. The van der Waals surface area contributed by atoms with E-state index in [1.165, 1.54) is 12.1 Å². The molecule has 0 radical (unpaired) electrons. The minimum Gasteiger partial charge on any atom is -0.358 e. The average molecular weight is 185 g/mol. The number of hydrogen-bond acceptors (Lipinski definition) is 1. The highest BCUT2D eigenvalue weighted by Gasteiger charge is 2.05. The summed E-state index contributed by atoms with van der Waals surface area (Å²) in [7, 11) is 0. The summed E-state index contributed by atoms with van der Waals surface area (Å²) in [6.45, 7) is 0.309. The van der Waals surface area contributed by atoms with Crippen molar-refractivity contribution in [3.05, 3.63) is 35.4 Å². The van der Waals surface area contributed by atoms with Gasteiger partial charge in [-0.15, -0.1) is 0 Å². The molecule has 0 saturated carbocycles. The van der Waals surface area contributed by atoms with Gasteiger partial charge < -0.3 is 5.32 Å². The third-order valence-corrected chi connectivity index (χ3v) is 1.65. The van der Waals surface area contributed by atoms with Crippen LogP contribution in [0.2, 0.25) is 0 Å². The van der Waals surface area contributed by atoms with Crippen LogP contribution < -0.4 is 5.32 Å². The molecule has 0 spiro atoms. The summed E-state index contributed by atoms with van der Waals surface area (Å²) >= 11 is 0. The van der Waals surface area contributed by atoms with Crippen LogP contribution in [-0.4, -0.2) is 13.0 Å². The van der Waals surface area contributed by atoms with Gasteiger partial charge in [0.15, 0.2) is 11.6 Å². The van der Waals surface area contributed by atoms with Crippen LogP contribution in [0.15, 0.2) is 18.2 Å². The van der Waals surface area contributed by atoms with E-state index in [0.29, 0.717) is 19.4 Å². The second kappa shape index (κ2) is 4.54. The molecule has 13 heavy (non-hydrogen) atoms. The van der Waals surface area contributed by atoms with Gasteiger partial charge in [-0.3, -0.25) is 4.79 Å². The maximum atomic E-state index is 12.9. The maximum absolute atomic E-state index is 12.9. The number of rotatable bonds is 4. The van der Waals surface area contributed by atoms with Gasteiger partial charge in [-0.1, -0.05) is 12.1 Å². The summed E-state index contributed by atoms with van der Waals surface area (Å²) < 4.78 is 25.6. The van der Waals surface area contributed by atoms with Crippen molar-refractivity contribution in [2.45, 2.75) is 6.42 Å². The quantitative estimate of drug-likeness (QED) is 0.555. The largest absolute Gasteiger partial charge is 0.358 e. The third kappa shape index (κ3) is 2.50. The molecule has 0 saturated heterocycles. The lowest BCUT2D eigenvalue weighted by atomic mass is 10.1. The first-order valence-corrected chi connectivity index (χ1v) is 3.85. The molecule has 4 heteroatoms. The molecule has 0 bridgehead atoms. The molecule has 1 rings (SSSR count). The van der Waals surface area contributed by atoms with Crippen molar-refractivity contribution in [3.63, 3.8) is 0 Å². The predicted octanol–water partition coefficient (Wildman–Crippen LogP) is 1.25. The fourth-order valence-electron chi connectivity index (χ4n) is 1.01. The van der Waals surface area contributed by atoms with E-state index >= 15 is 0 Å². The Morgan fingerprint density at radius 2 is 2.15 bits per heavy atom. The molecule has 0 aliphatic carbocycles. The monoisotopic (exact) mass is 185 g/mol. The maximum Gasteiger partial charge on any atom is 0.207 e. The average Bonchev–Trinajstić information content (AvgIpc) is 2.13. The van der Waals surface area contributed by atoms with E-state index < -0.39 is 11.6 Å². The molecule has 0 fully saturated rings. The van der Waals surface area contributed by atoms with Gasteiger partial charge in [-0.2, -0.15) is 0 Å². The Hall–Kier alpha value is -1.45. The molecule has 0 aliphatic rings. The summed E-state index contributed by atoms with van der Waals surface area (Å²) in [4.78, 5) is 9.87. The first kappa shape index (κ1) is 9.64. The predicted molar refractivity (Wildman–Crippen MR) is 44.1 cm³/mol. The van der Waals surface area contributed by atoms with E-state index in [1.807, 2.05) is 0 Å². The van der Waals surface area contributed by atoms with Gasteiger partial charge in [0.1, 0.15) is 0 Å². The third-order valence-electron chi connectivity index (χ3n) is 1.65. The van der Waals surface area contributed by atoms with Crippen molar-refractivity contribution in [3.8, 4) is 0 Å². The molecule has 70 valence electrons. The minimum atomic E-state index is -0.858. The number of halogens is 2. The van der Waals surface area contributed by atoms with Crippen molar-refractivity contribution in [1.82, 2.24) is 5.32 Å². The molecular formula is C9H9F2NO. The Balaban J connectivity index is 2.65. The topological polar surface area (TPSA) is 29.1 Å². The van der Waals surface area contributed by atoms with Gasteiger partial charge in [-0.05, 0) is 18.1 Å². The Bertz CT molecular complexity index is 302. The lowest BCUT2D eigenvalue weighted by Gasteiger charge is -2.02. The fraction of sp³-hybridized carbons (Fsp3) is 0.222. The lowest BCUT2D eigenvalue weighted by Crippen LogP contribution is -2.15. The van der Waals surface area contributed by atoms with Gasteiger partial charge in [0, 0.05) is 6.54 Å². The molecule has 1 aromatic rings. The number of carbonyl (C=O) groups is 1. The van der Waals surface area contributed by atoms with Crippen molar-refractivity contribution >= 4 is 6.41 Å². The minimum absolute atomic E-state index is 0.273. The second-order valence-corrected chi connectivity index (χ2v) is 2.53. The molecule has 0 unspecified atom stereocenters. The first-order valence-electron chi connectivity index (χ1n) is 3.85. The van der Waals surface area contributed by atoms with Crippen LogP contribution in [0.25, 0.3) is 0 Å². The first-order chi connectivity index (χ1) is 6.25. The number of amides is 1. The summed E-state index contributed by atoms with van der Waals surface area (Å²) in [5, 5.41) is 2.37. The summed E-state index contributed by atoms with van der Waals surface area (Å²) in [6.07, 6.45) is 0.819. The van der Waals surface area contributed by atoms with Crippen molar-refractivity contribution in [2.75, 3.05) is 6.54 Å². The standard InChI is InChI=1S/C9H9F2NO/c10-8-3-1-2-7(9(8)11)4-5-12-6-13/h1-3,6H,4-5H2,(H,12,13). The highest BCUT2D eigenvalue weighted by molar-refractivity contribution is 5.45. The van der Waals surface area contributed by atoms with Crippen LogP contribution >= 0.6 is 0 Å². The molecular weight excluding hydrogens is 176 g/mol. The van der Waals surface area contributed by atoms with Crippen LogP contribution in [0.1, 0.15) is 5.56 Å². The zero-order chi connectivity index (χ0) is 9.68. The molecule has 0 heterocycles. The molecule has 1 aromatic carbocycles. The molecule has 1 amide bonds. The van der Waals surface area contributed by atoms with Gasteiger partial charge >= 0.3 is 0 Å². The Labute approximate surface area is 74.6 Å². The van der Waals surface area contributed by atoms with Crippen LogP contribution in [0.4, 0.5) is 8.78 Å².